The van der Waals surface area contributed by atoms with Gasteiger partial charge in [0.25, 0.3) is 0 Å². The van der Waals surface area contributed by atoms with E-state index in [2.05, 4.69) is 12.2 Å². The molecular formula is C16H20O. The number of allylic oxidation sites excluding steroid dienone is 2. The smallest absolute Gasteiger partial charge is 0.0579 e. The minimum atomic E-state index is 0.0454. The summed E-state index contributed by atoms with van der Waals surface area (Å²) in [6.07, 6.45) is 9.29. The van der Waals surface area contributed by atoms with E-state index in [0.29, 0.717) is 5.92 Å². The molecule has 0 unspecified atom stereocenters. The number of hydrogen-bond donors (Lipinski definition) is 1. The van der Waals surface area contributed by atoms with Crippen LogP contribution < -0.4 is 0 Å². The van der Waals surface area contributed by atoms with E-state index in [4.69, 9.17) is 0 Å². The molecule has 17 heavy (non-hydrogen) atoms. The van der Waals surface area contributed by atoms with Gasteiger partial charge in [-0.3, -0.25) is 0 Å². The number of fused-ring (bicyclic) bond motifs is 3. The van der Waals surface area contributed by atoms with Crippen molar-refractivity contribution in [2.75, 3.05) is 0 Å². The van der Waals surface area contributed by atoms with Crippen molar-refractivity contribution in [3.8, 4) is 0 Å². The van der Waals surface area contributed by atoms with E-state index in [1.807, 2.05) is 0 Å². The lowest BCUT2D eigenvalue weighted by molar-refractivity contribution is 0.0976. The van der Waals surface area contributed by atoms with Gasteiger partial charge in [0.2, 0.25) is 0 Å². The average Bonchev–Trinajstić information content (AvgIpc) is 2.93. The first kappa shape index (κ1) is 8.74. The van der Waals surface area contributed by atoms with Crippen LogP contribution >= 0.6 is 0 Å². The number of rotatable bonds is 0. The Hall–Kier alpha value is -0.300. The van der Waals surface area contributed by atoms with Gasteiger partial charge < -0.3 is 5.11 Å². The molecule has 0 saturated heterocycles. The maximum absolute atomic E-state index is 10.5. The fraction of sp³-hybridized carbons (Fsp3) is 0.875. The summed E-state index contributed by atoms with van der Waals surface area (Å²) in [7, 11) is 0. The highest BCUT2D eigenvalue weighted by Gasteiger charge is 2.75. The third-order valence-electron chi connectivity index (χ3n) is 7.99. The predicted molar refractivity (Wildman–Crippen MR) is 63.9 cm³/mol. The molecule has 0 bridgehead atoms. The molecule has 0 spiro atoms. The second-order valence-electron chi connectivity index (χ2n) is 7.80. The fourth-order valence-electron chi connectivity index (χ4n) is 8.12. The van der Waals surface area contributed by atoms with Crippen molar-refractivity contribution in [2.45, 2.75) is 25.4 Å². The van der Waals surface area contributed by atoms with Gasteiger partial charge in [0.05, 0.1) is 6.10 Å². The van der Waals surface area contributed by atoms with Crippen LogP contribution in [0.25, 0.3) is 0 Å². The molecule has 6 aliphatic carbocycles. The van der Waals surface area contributed by atoms with Crippen molar-refractivity contribution < 1.29 is 5.11 Å². The van der Waals surface area contributed by atoms with Gasteiger partial charge >= 0.3 is 0 Å². The Labute approximate surface area is 102 Å². The van der Waals surface area contributed by atoms with Crippen LogP contribution in [0.15, 0.2) is 12.2 Å². The van der Waals surface area contributed by atoms with E-state index in [9.17, 15) is 5.11 Å². The summed E-state index contributed by atoms with van der Waals surface area (Å²) < 4.78 is 0. The minimum Gasteiger partial charge on any atom is -0.393 e. The highest BCUT2D eigenvalue weighted by Crippen LogP contribution is 2.78. The van der Waals surface area contributed by atoms with Crippen LogP contribution in [0.2, 0.25) is 0 Å². The van der Waals surface area contributed by atoms with Gasteiger partial charge in [-0.25, -0.2) is 0 Å². The first-order valence-corrected chi connectivity index (χ1v) is 7.72. The summed E-state index contributed by atoms with van der Waals surface area (Å²) in [5.74, 6) is 9.41. The second kappa shape index (κ2) is 2.39. The molecule has 5 saturated carbocycles. The quantitative estimate of drug-likeness (QED) is 0.631. The Balaban J connectivity index is 1.63. The summed E-state index contributed by atoms with van der Waals surface area (Å²) >= 11 is 0. The van der Waals surface area contributed by atoms with Crippen molar-refractivity contribution in [3.63, 3.8) is 0 Å². The standard InChI is InChI=1S/C16H20O/c17-11-5-10-8-2-1-6-7-3-4-9-13(7)16(12(6)8)15(10)14(9)11/h3-4,6-17H,1-2,5H2/t6-,7+,8+,9-,10-,11-,12+,13-,14+,15+,16+/m1/s1. The second-order valence-corrected chi connectivity index (χ2v) is 7.80. The summed E-state index contributed by atoms with van der Waals surface area (Å²) in [6, 6.07) is 0. The highest BCUT2D eigenvalue weighted by molar-refractivity contribution is 5.29. The lowest BCUT2D eigenvalue weighted by Crippen LogP contribution is -2.24. The van der Waals surface area contributed by atoms with Crippen LogP contribution in [0.4, 0.5) is 0 Å². The fourth-order valence-corrected chi connectivity index (χ4v) is 8.12. The predicted octanol–water partition coefficient (Wildman–Crippen LogP) is 2.32. The molecule has 5 fully saturated rings. The molecule has 1 N–H and O–H groups in total. The lowest BCUT2D eigenvalue weighted by Gasteiger charge is -2.23. The van der Waals surface area contributed by atoms with Gasteiger partial charge in [-0.05, 0) is 78.4 Å². The Kier molecular flexibility index (Phi) is 1.23. The molecule has 6 rings (SSSR count). The zero-order valence-electron chi connectivity index (χ0n) is 10.1. The third kappa shape index (κ3) is 0.683. The Morgan fingerprint density at radius 3 is 2.47 bits per heavy atom. The topological polar surface area (TPSA) is 20.2 Å². The Morgan fingerprint density at radius 1 is 0.706 bits per heavy atom. The SMILES string of the molecule is O[C@@H]1C[C@@H]2[C@@H]3CC[C@@H]4[C@@H]5C=C[C@@H]6[C@@H]5[C@H]([C@@H]43)[C@@H]2[C@@H]61. The van der Waals surface area contributed by atoms with Crippen molar-refractivity contribution in [2.24, 2.45) is 59.2 Å². The summed E-state index contributed by atoms with van der Waals surface area (Å²) in [5.41, 5.74) is 0. The first-order valence-electron chi connectivity index (χ1n) is 7.72. The maximum atomic E-state index is 10.5. The molecule has 11 atom stereocenters. The summed E-state index contributed by atoms with van der Waals surface area (Å²) in [4.78, 5) is 0. The van der Waals surface area contributed by atoms with Crippen LogP contribution in [-0.4, -0.2) is 11.2 Å². The average molecular weight is 228 g/mol. The van der Waals surface area contributed by atoms with Crippen LogP contribution in [-0.2, 0) is 0 Å². The van der Waals surface area contributed by atoms with Crippen LogP contribution in [0.3, 0.4) is 0 Å². The monoisotopic (exact) mass is 228 g/mol. The highest BCUT2D eigenvalue weighted by atomic mass is 16.3. The number of hydrogen-bond acceptors (Lipinski definition) is 1. The van der Waals surface area contributed by atoms with E-state index >= 15 is 0 Å². The van der Waals surface area contributed by atoms with Gasteiger partial charge in [0.15, 0.2) is 0 Å². The van der Waals surface area contributed by atoms with E-state index < -0.39 is 0 Å². The number of aliphatic hydroxyl groups is 1. The normalized spacial score (nSPS) is 76.2. The molecule has 0 aromatic heterocycles. The molecule has 0 aromatic carbocycles. The van der Waals surface area contributed by atoms with Crippen LogP contribution in [0.1, 0.15) is 19.3 Å². The molecule has 0 aromatic rings. The molecule has 6 aliphatic rings. The third-order valence-corrected chi connectivity index (χ3v) is 7.99. The largest absolute Gasteiger partial charge is 0.393 e. The van der Waals surface area contributed by atoms with Crippen LogP contribution in [0, 0.1) is 59.2 Å². The van der Waals surface area contributed by atoms with Crippen molar-refractivity contribution in [1.82, 2.24) is 0 Å². The van der Waals surface area contributed by atoms with E-state index in [-0.39, 0.29) is 6.10 Å². The van der Waals surface area contributed by atoms with Crippen molar-refractivity contribution in [3.05, 3.63) is 12.2 Å². The molecule has 0 aliphatic heterocycles. The Morgan fingerprint density at radius 2 is 1.53 bits per heavy atom. The zero-order chi connectivity index (χ0) is 10.9. The molecule has 1 heteroatoms. The van der Waals surface area contributed by atoms with E-state index in [1.54, 1.807) is 0 Å². The molecule has 0 radical (unpaired) electrons. The van der Waals surface area contributed by atoms with Gasteiger partial charge in [-0.2, -0.15) is 0 Å². The molecule has 1 nitrogen and oxygen atoms in total. The number of aliphatic hydroxyl groups excluding tert-OH is 1. The van der Waals surface area contributed by atoms with Gasteiger partial charge in [-0.15, -0.1) is 0 Å². The van der Waals surface area contributed by atoms with Gasteiger partial charge in [0, 0.05) is 0 Å². The van der Waals surface area contributed by atoms with Gasteiger partial charge in [0.1, 0.15) is 0 Å². The first-order chi connectivity index (χ1) is 8.36. The molecule has 90 valence electrons. The Bertz CT molecular complexity index is 441. The van der Waals surface area contributed by atoms with Gasteiger partial charge in [-0.1, -0.05) is 12.2 Å². The zero-order valence-corrected chi connectivity index (χ0v) is 10.1. The maximum Gasteiger partial charge on any atom is 0.0579 e. The van der Waals surface area contributed by atoms with Crippen LogP contribution in [0.5, 0.6) is 0 Å². The lowest BCUT2D eigenvalue weighted by atomic mass is 9.83. The molecule has 0 heterocycles. The summed E-state index contributed by atoms with van der Waals surface area (Å²) in [6.45, 7) is 0. The van der Waals surface area contributed by atoms with E-state index in [1.165, 1.54) is 12.8 Å². The van der Waals surface area contributed by atoms with Crippen molar-refractivity contribution >= 4 is 0 Å². The molecular weight excluding hydrogens is 208 g/mol. The van der Waals surface area contributed by atoms with Crippen molar-refractivity contribution in [1.29, 1.82) is 0 Å². The summed E-state index contributed by atoms with van der Waals surface area (Å²) in [5, 5.41) is 10.5. The van der Waals surface area contributed by atoms with E-state index in [0.717, 1.165) is 59.7 Å². The molecule has 0 amide bonds. The minimum absolute atomic E-state index is 0.0454.